The van der Waals surface area contributed by atoms with Crippen LogP contribution >= 0.6 is 0 Å². The lowest BCUT2D eigenvalue weighted by molar-refractivity contribution is -0.514. The summed E-state index contributed by atoms with van der Waals surface area (Å²) < 4.78 is 0. The van der Waals surface area contributed by atoms with Crippen molar-refractivity contribution in [3.63, 3.8) is 0 Å². The van der Waals surface area contributed by atoms with Crippen molar-refractivity contribution in [2.75, 3.05) is 6.54 Å². The Morgan fingerprint density at radius 2 is 1.88 bits per heavy atom. The molecule has 6 nitrogen and oxygen atoms in total. The smallest absolute Gasteiger partial charge is 0.338 e. The number of carbonyl (C=O) groups excluding carboxylic acids is 1. The number of nitrogens with two attached hydrogens (primary N) is 2. The van der Waals surface area contributed by atoms with Gasteiger partial charge in [0.2, 0.25) is 0 Å². The molecular weight excluding hydrogens is 208 g/mol. The SMILES string of the molecule is CC(C)(C)C([NH3+])(CCC[NH+]=C(N)N)C(=O)[O-]. The van der Waals surface area contributed by atoms with Gasteiger partial charge in [-0.25, -0.2) is 0 Å². The Bertz CT molecular complexity index is 279. The van der Waals surface area contributed by atoms with Gasteiger partial charge in [-0.15, -0.1) is 0 Å². The monoisotopic (exact) mass is 231 g/mol. The topological polar surface area (TPSA) is 134 Å². The van der Waals surface area contributed by atoms with Crippen LogP contribution < -0.4 is 27.3 Å². The molecule has 0 saturated carbocycles. The van der Waals surface area contributed by atoms with Gasteiger partial charge in [-0.2, -0.15) is 0 Å². The molecule has 0 aliphatic rings. The van der Waals surface area contributed by atoms with E-state index < -0.39 is 16.9 Å². The first-order valence-electron chi connectivity index (χ1n) is 5.30. The molecule has 1 unspecified atom stereocenters. The van der Waals surface area contributed by atoms with Crippen molar-refractivity contribution >= 4 is 11.9 Å². The van der Waals surface area contributed by atoms with E-state index in [9.17, 15) is 9.90 Å². The Morgan fingerprint density at radius 1 is 1.38 bits per heavy atom. The summed E-state index contributed by atoms with van der Waals surface area (Å²) in [6.07, 6.45) is 1.03. The van der Waals surface area contributed by atoms with E-state index in [1.165, 1.54) is 0 Å². The first kappa shape index (κ1) is 14.7. The summed E-state index contributed by atoms with van der Waals surface area (Å²) in [5.41, 5.74) is 12.7. The summed E-state index contributed by atoms with van der Waals surface area (Å²) in [6.45, 7) is 6.05. The van der Waals surface area contributed by atoms with Crippen molar-refractivity contribution in [1.82, 2.24) is 0 Å². The molecule has 0 saturated heterocycles. The van der Waals surface area contributed by atoms with Crippen LogP contribution in [0.3, 0.4) is 0 Å². The van der Waals surface area contributed by atoms with E-state index >= 15 is 0 Å². The highest BCUT2D eigenvalue weighted by Gasteiger charge is 2.43. The van der Waals surface area contributed by atoms with Gasteiger partial charge in [0.25, 0.3) is 0 Å². The summed E-state index contributed by atoms with van der Waals surface area (Å²) in [4.78, 5) is 13.9. The highest BCUT2D eigenvalue weighted by molar-refractivity contribution is 5.75. The van der Waals surface area contributed by atoms with E-state index in [2.05, 4.69) is 10.7 Å². The molecule has 0 heterocycles. The van der Waals surface area contributed by atoms with E-state index in [4.69, 9.17) is 11.5 Å². The zero-order valence-corrected chi connectivity index (χ0v) is 10.3. The molecule has 0 radical (unpaired) electrons. The Kier molecular flexibility index (Phi) is 4.74. The van der Waals surface area contributed by atoms with Crippen LogP contribution in [0.4, 0.5) is 0 Å². The Morgan fingerprint density at radius 3 is 2.19 bits per heavy atom. The first-order valence-corrected chi connectivity index (χ1v) is 5.30. The van der Waals surface area contributed by atoms with Gasteiger partial charge in [0.15, 0.2) is 0 Å². The number of hydrogen-bond acceptors (Lipinski definition) is 2. The number of carbonyl (C=O) groups is 1. The fourth-order valence-electron chi connectivity index (χ4n) is 1.41. The summed E-state index contributed by atoms with van der Waals surface area (Å²) in [5.74, 6) is -0.983. The van der Waals surface area contributed by atoms with Gasteiger partial charge in [0, 0.05) is 11.8 Å². The third-order valence-electron chi connectivity index (χ3n) is 2.94. The van der Waals surface area contributed by atoms with Crippen molar-refractivity contribution < 1.29 is 20.6 Å². The number of carboxylic acid groups (broad SMARTS) is 1. The van der Waals surface area contributed by atoms with Crippen LogP contribution in [0.15, 0.2) is 0 Å². The average molecular weight is 231 g/mol. The lowest BCUT2D eigenvalue weighted by Gasteiger charge is -2.38. The fourth-order valence-corrected chi connectivity index (χ4v) is 1.41. The second-order valence-corrected chi connectivity index (χ2v) is 5.11. The molecule has 0 fully saturated rings. The van der Waals surface area contributed by atoms with E-state index in [1.807, 2.05) is 20.8 Å². The molecule has 0 rings (SSSR count). The molecule has 8 N–H and O–H groups in total. The molecular formula is C10H23N4O2+. The number of nitrogens with one attached hydrogen (secondary N) is 1. The number of carboxylic acids is 1. The molecule has 1 atom stereocenters. The van der Waals surface area contributed by atoms with Crippen LogP contribution in [0.25, 0.3) is 0 Å². The van der Waals surface area contributed by atoms with Crippen LogP contribution in [-0.2, 0) is 4.79 Å². The van der Waals surface area contributed by atoms with Crippen molar-refractivity contribution in [2.45, 2.75) is 39.2 Å². The molecule has 0 spiro atoms. The summed E-state index contributed by atoms with van der Waals surface area (Å²) in [7, 11) is 0. The van der Waals surface area contributed by atoms with Crippen molar-refractivity contribution in [3.8, 4) is 0 Å². The summed E-state index contributed by atoms with van der Waals surface area (Å²) >= 11 is 0. The fraction of sp³-hybridized carbons (Fsp3) is 0.800. The minimum absolute atomic E-state index is 0.138. The Labute approximate surface area is 95.9 Å². The third kappa shape index (κ3) is 3.69. The molecule has 16 heavy (non-hydrogen) atoms. The Balaban J connectivity index is 4.49. The normalized spacial score (nSPS) is 15.2. The number of aliphatic carboxylic acids is 1. The second-order valence-electron chi connectivity index (χ2n) is 5.11. The third-order valence-corrected chi connectivity index (χ3v) is 2.94. The van der Waals surface area contributed by atoms with Crippen molar-refractivity contribution in [2.24, 2.45) is 16.9 Å². The van der Waals surface area contributed by atoms with E-state index in [1.54, 1.807) is 0 Å². The van der Waals surface area contributed by atoms with Gasteiger partial charge in [0.05, 0.1) is 6.54 Å². The first-order chi connectivity index (χ1) is 7.11. The molecule has 6 heteroatoms. The van der Waals surface area contributed by atoms with Crippen LogP contribution in [-0.4, -0.2) is 24.0 Å². The Hall–Kier alpha value is -1.30. The van der Waals surface area contributed by atoms with E-state index in [0.29, 0.717) is 19.4 Å². The van der Waals surface area contributed by atoms with Gasteiger partial charge >= 0.3 is 5.96 Å². The zero-order chi connectivity index (χ0) is 13.0. The molecule has 94 valence electrons. The number of rotatable bonds is 5. The number of guanidine groups is 1. The minimum atomic E-state index is -1.12. The van der Waals surface area contributed by atoms with Gasteiger partial charge in [-0.05, 0) is 6.42 Å². The zero-order valence-electron chi connectivity index (χ0n) is 10.3. The van der Waals surface area contributed by atoms with Gasteiger partial charge in [-0.3, -0.25) is 16.5 Å². The standard InChI is InChI=1S/C10H22N4O2/c1-9(2,3)10(13,7(15)16)5-4-6-14-8(11)12/h4-6,13H2,1-3H3,(H,15,16)(H4,11,12,14)/p+1. The summed E-state index contributed by atoms with van der Waals surface area (Å²) in [6, 6.07) is 0. The number of hydrogen-bond donors (Lipinski definition) is 4. The maximum absolute atomic E-state index is 11.1. The van der Waals surface area contributed by atoms with Crippen molar-refractivity contribution in [3.05, 3.63) is 0 Å². The molecule has 0 aliphatic heterocycles. The minimum Gasteiger partial charge on any atom is -0.544 e. The predicted molar refractivity (Wildman–Crippen MR) is 58.5 cm³/mol. The maximum Gasteiger partial charge on any atom is 0.338 e. The predicted octanol–water partition coefficient (Wildman–Crippen LogP) is -4.10. The quantitative estimate of drug-likeness (QED) is 0.217. The van der Waals surface area contributed by atoms with Gasteiger partial charge in [-0.1, -0.05) is 20.8 Å². The van der Waals surface area contributed by atoms with Crippen LogP contribution in [0, 0.1) is 5.41 Å². The molecule has 0 bridgehead atoms. The lowest BCUT2D eigenvalue weighted by atomic mass is 9.71. The molecule has 0 aliphatic carbocycles. The van der Waals surface area contributed by atoms with Gasteiger partial charge < -0.3 is 15.6 Å². The highest BCUT2D eigenvalue weighted by Crippen LogP contribution is 2.29. The molecule has 0 amide bonds. The molecule has 0 aromatic heterocycles. The lowest BCUT2D eigenvalue weighted by Crippen LogP contribution is -2.85. The average Bonchev–Trinajstić information content (AvgIpc) is 2.09. The van der Waals surface area contributed by atoms with Gasteiger partial charge in [0.1, 0.15) is 11.5 Å². The second kappa shape index (κ2) is 5.16. The van der Waals surface area contributed by atoms with Crippen LogP contribution in [0.5, 0.6) is 0 Å². The molecule has 0 aromatic rings. The van der Waals surface area contributed by atoms with Crippen LogP contribution in [0.2, 0.25) is 0 Å². The maximum atomic E-state index is 11.1. The van der Waals surface area contributed by atoms with E-state index in [-0.39, 0.29) is 5.96 Å². The molecule has 0 aromatic carbocycles. The van der Waals surface area contributed by atoms with Crippen molar-refractivity contribution in [1.29, 1.82) is 0 Å². The number of quaternary nitrogens is 1. The largest absolute Gasteiger partial charge is 0.544 e. The highest BCUT2D eigenvalue weighted by atomic mass is 16.4. The van der Waals surface area contributed by atoms with Crippen LogP contribution in [0.1, 0.15) is 33.6 Å². The van der Waals surface area contributed by atoms with E-state index in [0.717, 1.165) is 0 Å². The summed E-state index contributed by atoms with van der Waals surface area (Å²) in [5, 5.41) is 11.1.